The number of carbonyl (C=O) groups is 1. The topological polar surface area (TPSA) is 61.9 Å². The number of benzene rings is 1. The molecule has 0 saturated carbocycles. The maximum absolute atomic E-state index is 12.3. The van der Waals surface area contributed by atoms with Gasteiger partial charge in [-0.3, -0.25) is 4.79 Å². The third kappa shape index (κ3) is 2.34. The zero-order valence-electron chi connectivity index (χ0n) is 11.3. The minimum absolute atomic E-state index is 0.0559. The number of amides is 1. The Balaban J connectivity index is 1.74. The fourth-order valence-electron chi connectivity index (χ4n) is 2.40. The van der Waals surface area contributed by atoms with Gasteiger partial charge < -0.3 is 4.90 Å². The molecule has 5 heteroatoms. The molecule has 2 aromatic rings. The number of nitrogens with one attached hydrogen (secondary N) is 1. The van der Waals surface area contributed by atoms with Crippen molar-refractivity contribution in [2.45, 2.75) is 13.3 Å². The van der Waals surface area contributed by atoms with Crippen molar-refractivity contribution in [1.82, 2.24) is 20.3 Å². The van der Waals surface area contributed by atoms with E-state index in [1.54, 1.807) is 11.8 Å². The van der Waals surface area contributed by atoms with Gasteiger partial charge in [0.2, 0.25) is 0 Å². The summed E-state index contributed by atoms with van der Waals surface area (Å²) in [5.41, 5.74) is 3.60. The molecule has 0 fully saturated rings. The summed E-state index contributed by atoms with van der Waals surface area (Å²) in [5, 5.41) is 10.3. The van der Waals surface area contributed by atoms with Crippen molar-refractivity contribution in [2.75, 3.05) is 13.1 Å². The normalized spacial score (nSPS) is 15.1. The third-order valence-electron chi connectivity index (χ3n) is 3.57. The molecule has 1 amide bonds. The van der Waals surface area contributed by atoms with Crippen molar-refractivity contribution < 1.29 is 4.79 Å². The summed E-state index contributed by atoms with van der Waals surface area (Å²) in [7, 11) is 0. The van der Waals surface area contributed by atoms with Crippen molar-refractivity contribution >= 4 is 11.5 Å². The molecule has 0 radical (unpaired) electrons. The molecule has 0 spiro atoms. The number of rotatable bonds is 2. The van der Waals surface area contributed by atoms with Crippen LogP contribution >= 0.6 is 0 Å². The Morgan fingerprint density at radius 3 is 2.65 bits per heavy atom. The first-order valence-corrected chi connectivity index (χ1v) is 6.67. The predicted octanol–water partition coefficient (Wildman–Crippen LogP) is 2.04. The van der Waals surface area contributed by atoms with Crippen LogP contribution in [0, 0.1) is 6.92 Å². The lowest BCUT2D eigenvalue weighted by Crippen LogP contribution is -2.35. The van der Waals surface area contributed by atoms with E-state index in [2.05, 4.69) is 33.6 Å². The van der Waals surface area contributed by atoms with Crippen molar-refractivity contribution in [3.63, 3.8) is 0 Å². The van der Waals surface area contributed by atoms with Gasteiger partial charge in [-0.15, -0.1) is 0 Å². The van der Waals surface area contributed by atoms with Crippen LogP contribution in [0.25, 0.3) is 5.57 Å². The fraction of sp³-hybridized carbons (Fsp3) is 0.267. The standard InChI is InChI=1S/C15H16N4O/c1-11-14(17-18-16-11)15(20)19-9-7-13(8-10-19)12-5-3-2-4-6-12/h2-7H,8-10H2,1H3,(H,16,17,18). The molecule has 102 valence electrons. The molecule has 0 aliphatic carbocycles. The number of aromatic amines is 1. The number of hydrogen-bond donors (Lipinski definition) is 1. The molecular formula is C15H16N4O. The van der Waals surface area contributed by atoms with Gasteiger partial charge in [-0.1, -0.05) is 36.4 Å². The van der Waals surface area contributed by atoms with Crippen LogP contribution in [0.15, 0.2) is 36.4 Å². The van der Waals surface area contributed by atoms with Gasteiger partial charge in [0.25, 0.3) is 5.91 Å². The molecule has 0 bridgehead atoms. The quantitative estimate of drug-likeness (QED) is 0.906. The van der Waals surface area contributed by atoms with Crippen LogP contribution in [0.5, 0.6) is 0 Å². The summed E-state index contributed by atoms with van der Waals surface area (Å²) in [6, 6.07) is 10.3. The van der Waals surface area contributed by atoms with Gasteiger partial charge in [0, 0.05) is 13.1 Å². The summed E-state index contributed by atoms with van der Waals surface area (Å²) >= 11 is 0. The molecule has 1 aliphatic heterocycles. The molecule has 1 aliphatic rings. The Bertz CT molecular complexity index is 645. The summed E-state index contributed by atoms with van der Waals surface area (Å²) in [6.07, 6.45) is 2.98. The van der Waals surface area contributed by atoms with E-state index in [1.807, 2.05) is 18.2 Å². The molecule has 1 aromatic carbocycles. The average molecular weight is 268 g/mol. The highest BCUT2D eigenvalue weighted by atomic mass is 16.2. The number of aromatic nitrogens is 3. The molecular weight excluding hydrogens is 252 g/mol. The second-order valence-corrected chi connectivity index (χ2v) is 4.85. The molecule has 0 unspecified atom stereocenters. The first kappa shape index (κ1) is 12.6. The second kappa shape index (κ2) is 5.28. The molecule has 1 N–H and O–H groups in total. The lowest BCUT2D eigenvalue weighted by Gasteiger charge is -2.26. The minimum atomic E-state index is -0.0559. The van der Waals surface area contributed by atoms with Crippen LogP contribution in [0.1, 0.15) is 28.2 Å². The monoisotopic (exact) mass is 268 g/mol. The highest BCUT2D eigenvalue weighted by Crippen LogP contribution is 2.22. The van der Waals surface area contributed by atoms with E-state index in [-0.39, 0.29) is 5.91 Å². The molecule has 2 heterocycles. The summed E-state index contributed by atoms with van der Waals surface area (Å²) in [4.78, 5) is 14.1. The summed E-state index contributed by atoms with van der Waals surface area (Å²) in [6.45, 7) is 3.12. The van der Waals surface area contributed by atoms with Crippen LogP contribution in [0.3, 0.4) is 0 Å². The predicted molar refractivity (Wildman–Crippen MR) is 76.1 cm³/mol. The smallest absolute Gasteiger partial charge is 0.276 e. The van der Waals surface area contributed by atoms with Gasteiger partial charge in [-0.2, -0.15) is 15.4 Å². The average Bonchev–Trinajstić information content (AvgIpc) is 2.94. The van der Waals surface area contributed by atoms with E-state index in [0.29, 0.717) is 24.5 Å². The molecule has 0 atom stereocenters. The molecule has 3 rings (SSSR count). The number of H-pyrrole nitrogens is 1. The van der Waals surface area contributed by atoms with Gasteiger partial charge >= 0.3 is 0 Å². The highest BCUT2D eigenvalue weighted by molar-refractivity contribution is 5.93. The largest absolute Gasteiger partial charge is 0.333 e. The lowest BCUT2D eigenvalue weighted by molar-refractivity contribution is 0.0766. The highest BCUT2D eigenvalue weighted by Gasteiger charge is 2.22. The second-order valence-electron chi connectivity index (χ2n) is 4.85. The summed E-state index contributed by atoms with van der Waals surface area (Å²) < 4.78 is 0. The molecule has 0 saturated heterocycles. The Kier molecular flexibility index (Phi) is 3.33. The SMILES string of the molecule is Cc1n[nH]nc1C(=O)N1CC=C(c2ccccc2)CC1. The molecule has 1 aromatic heterocycles. The van der Waals surface area contributed by atoms with E-state index in [9.17, 15) is 4.79 Å². The zero-order valence-corrected chi connectivity index (χ0v) is 11.3. The lowest BCUT2D eigenvalue weighted by atomic mass is 9.99. The summed E-state index contributed by atoms with van der Waals surface area (Å²) in [5.74, 6) is -0.0559. The van der Waals surface area contributed by atoms with E-state index in [4.69, 9.17) is 0 Å². The van der Waals surface area contributed by atoms with Crippen LogP contribution in [-0.4, -0.2) is 39.3 Å². The van der Waals surface area contributed by atoms with Crippen molar-refractivity contribution in [1.29, 1.82) is 0 Å². The number of nitrogens with zero attached hydrogens (tertiary/aromatic N) is 3. The maximum atomic E-state index is 12.3. The van der Waals surface area contributed by atoms with Crippen LogP contribution in [0.4, 0.5) is 0 Å². The van der Waals surface area contributed by atoms with Gasteiger partial charge in [0.1, 0.15) is 0 Å². The van der Waals surface area contributed by atoms with E-state index < -0.39 is 0 Å². The number of hydrogen-bond acceptors (Lipinski definition) is 3. The minimum Gasteiger partial charge on any atom is -0.333 e. The van der Waals surface area contributed by atoms with Crippen LogP contribution in [0.2, 0.25) is 0 Å². The number of carbonyl (C=O) groups excluding carboxylic acids is 1. The first-order valence-electron chi connectivity index (χ1n) is 6.67. The number of aryl methyl sites for hydroxylation is 1. The van der Waals surface area contributed by atoms with E-state index in [1.165, 1.54) is 11.1 Å². The first-order chi connectivity index (χ1) is 9.75. The third-order valence-corrected chi connectivity index (χ3v) is 3.57. The molecule has 5 nitrogen and oxygen atoms in total. The Labute approximate surface area is 117 Å². The van der Waals surface area contributed by atoms with Crippen molar-refractivity contribution in [3.8, 4) is 0 Å². The zero-order chi connectivity index (χ0) is 13.9. The Hall–Kier alpha value is -2.43. The molecule has 20 heavy (non-hydrogen) atoms. The van der Waals surface area contributed by atoms with Gasteiger partial charge in [0.15, 0.2) is 5.69 Å². The fourth-order valence-corrected chi connectivity index (χ4v) is 2.40. The Morgan fingerprint density at radius 1 is 1.25 bits per heavy atom. The van der Waals surface area contributed by atoms with Crippen LogP contribution in [-0.2, 0) is 0 Å². The van der Waals surface area contributed by atoms with Gasteiger partial charge in [0.05, 0.1) is 5.69 Å². The Morgan fingerprint density at radius 2 is 2.05 bits per heavy atom. The van der Waals surface area contributed by atoms with Crippen LogP contribution < -0.4 is 0 Å². The van der Waals surface area contributed by atoms with E-state index in [0.717, 1.165) is 6.42 Å². The van der Waals surface area contributed by atoms with E-state index >= 15 is 0 Å². The van der Waals surface area contributed by atoms with Crippen molar-refractivity contribution in [3.05, 3.63) is 53.4 Å². The van der Waals surface area contributed by atoms with Gasteiger partial charge in [-0.05, 0) is 24.5 Å². The maximum Gasteiger partial charge on any atom is 0.276 e. The van der Waals surface area contributed by atoms with Gasteiger partial charge in [-0.25, -0.2) is 0 Å². The van der Waals surface area contributed by atoms with Crippen molar-refractivity contribution in [2.24, 2.45) is 0 Å².